The van der Waals surface area contributed by atoms with Crippen molar-refractivity contribution in [3.63, 3.8) is 0 Å². The van der Waals surface area contributed by atoms with E-state index in [2.05, 4.69) is 6.92 Å². The molecule has 0 radical (unpaired) electrons. The van der Waals surface area contributed by atoms with Crippen molar-refractivity contribution in [1.29, 1.82) is 0 Å². The van der Waals surface area contributed by atoms with Crippen molar-refractivity contribution < 1.29 is 62.3 Å². The molecule has 2 saturated heterocycles. The van der Waals surface area contributed by atoms with Gasteiger partial charge in [0.05, 0.1) is 13.2 Å². The summed E-state index contributed by atoms with van der Waals surface area (Å²) in [5, 5.41) is 70.2. The van der Waals surface area contributed by atoms with Crippen molar-refractivity contribution >= 4 is 29.0 Å². The number of hydrogen-bond acceptors (Lipinski definition) is 12. The molecule has 2 aliphatic heterocycles. The van der Waals surface area contributed by atoms with Crippen LogP contribution in [0.15, 0.2) is 0 Å². The maximum absolute atomic E-state index is 12.6. The summed E-state index contributed by atoms with van der Waals surface area (Å²) in [6, 6.07) is 0. The van der Waals surface area contributed by atoms with E-state index in [0.717, 1.165) is 19.3 Å². The fraction of sp³-hybridized carbons (Fsp3) is 0.967. The molecule has 0 aromatic rings. The van der Waals surface area contributed by atoms with Gasteiger partial charge in [-0.15, -0.1) is 0 Å². The summed E-state index contributed by atoms with van der Waals surface area (Å²) < 4.78 is 21.7. The Hall–Kier alpha value is -0.164. The van der Waals surface area contributed by atoms with Gasteiger partial charge < -0.3 is 57.5 Å². The number of hydrogen-bond donors (Lipinski definition) is 7. The molecule has 2 rings (SSSR count). The van der Waals surface area contributed by atoms with Crippen LogP contribution in [0, 0.1) is 0 Å². The zero-order valence-corrected chi connectivity index (χ0v) is 27.3. The first-order chi connectivity index (χ1) is 20.2. The second-order valence-corrected chi connectivity index (χ2v) is 11.7. The van der Waals surface area contributed by atoms with E-state index < -0.39 is 80.6 Å². The first kappa shape index (κ1) is 40.9. The minimum Gasteiger partial charge on any atom is -1.00 e. The Morgan fingerprint density at radius 2 is 1.09 bits per heavy atom. The van der Waals surface area contributed by atoms with Crippen molar-refractivity contribution in [2.24, 2.45) is 0 Å². The minimum atomic E-state index is -1.77. The molecule has 7 N–H and O–H groups in total. The van der Waals surface area contributed by atoms with E-state index in [-0.39, 0.29) is 32.3 Å². The van der Waals surface area contributed by atoms with Crippen LogP contribution in [0.2, 0.25) is 0 Å². The van der Waals surface area contributed by atoms with E-state index in [0.29, 0.717) is 6.42 Å². The molecule has 12 nitrogen and oxygen atoms in total. The molecule has 0 saturated carbocycles. The van der Waals surface area contributed by atoms with Crippen LogP contribution in [-0.4, -0.2) is 139 Å². The van der Waals surface area contributed by atoms with Crippen LogP contribution in [0.1, 0.15) is 113 Å². The molecule has 0 unspecified atom stereocenters. The summed E-state index contributed by atoms with van der Waals surface area (Å²) in [6.07, 6.45) is 2.27. The standard InChI is InChI=1S/C30H56O12.Mg.2H/c1-2-3-4-5-6-7-8-9-10-11-12-13-14-15-16-17-22(33)41-28-24(35)23(34)20(18-31)40-30(28)42-27-21(19-32)39-29(38)26(37)25(27)36;;;/h20-21,23-32,34-38H,2-19H2,1H3;;;/q;+2;2*-1/t20-,21-,23+,24+,25-,26-,27-,28-,29-,30+;;;/m1.../s1. The van der Waals surface area contributed by atoms with Gasteiger partial charge >= 0.3 is 29.0 Å². The van der Waals surface area contributed by atoms with E-state index in [1.165, 1.54) is 70.6 Å². The van der Waals surface area contributed by atoms with Gasteiger partial charge in [0.2, 0.25) is 0 Å². The molecule has 13 heteroatoms. The molecular formula is C30H58MgO12. The van der Waals surface area contributed by atoms with Crippen LogP contribution in [0.4, 0.5) is 0 Å². The molecule has 43 heavy (non-hydrogen) atoms. The third kappa shape index (κ3) is 14.0. The maximum atomic E-state index is 12.6. The van der Waals surface area contributed by atoms with Gasteiger partial charge in [0, 0.05) is 6.42 Å². The summed E-state index contributed by atoms with van der Waals surface area (Å²) in [7, 11) is 0. The van der Waals surface area contributed by atoms with Gasteiger partial charge in [-0.2, -0.15) is 0 Å². The number of carbonyl (C=O) groups excluding carboxylic acids is 1. The van der Waals surface area contributed by atoms with Gasteiger partial charge in [-0.05, 0) is 6.42 Å². The summed E-state index contributed by atoms with van der Waals surface area (Å²) in [5.41, 5.74) is 0. The fourth-order valence-corrected chi connectivity index (χ4v) is 5.53. The Labute approximate surface area is 275 Å². The van der Waals surface area contributed by atoms with Gasteiger partial charge in [0.25, 0.3) is 0 Å². The molecule has 2 fully saturated rings. The number of ether oxygens (including phenoxy) is 4. The van der Waals surface area contributed by atoms with Gasteiger partial charge in [0.1, 0.15) is 42.7 Å². The third-order valence-electron chi connectivity index (χ3n) is 8.21. The maximum Gasteiger partial charge on any atom is 2.00 e. The van der Waals surface area contributed by atoms with E-state index in [4.69, 9.17) is 18.9 Å². The SMILES string of the molecule is CCCCCCCCCCCCCCCCCC(=O)O[C@H]1[C@H](O[C@H]2[C@H](O)[C@@H](O)[C@H](O)O[C@@H]2CO)O[C@H](CO)[C@H](O)[C@@H]1O.[H-].[H-].[Mg+2]. The predicted molar refractivity (Wildman–Crippen MR) is 160 cm³/mol. The number of aliphatic hydroxyl groups is 7. The Kier molecular flexibility index (Phi) is 22.0. The van der Waals surface area contributed by atoms with Gasteiger partial charge in [-0.1, -0.05) is 96.8 Å². The number of esters is 1. The molecule has 0 spiro atoms. The molecule has 2 aliphatic rings. The number of unbranched alkanes of at least 4 members (excludes halogenated alkanes) is 14. The fourth-order valence-electron chi connectivity index (χ4n) is 5.53. The smallest absolute Gasteiger partial charge is 1.00 e. The van der Waals surface area contributed by atoms with Crippen LogP contribution in [0.25, 0.3) is 0 Å². The number of rotatable bonds is 21. The van der Waals surface area contributed by atoms with Crippen LogP contribution in [0.3, 0.4) is 0 Å². The summed E-state index contributed by atoms with van der Waals surface area (Å²) in [5.74, 6) is -0.643. The normalized spacial score (nSPS) is 32.7. The molecule has 0 bridgehead atoms. The Morgan fingerprint density at radius 3 is 1.58 bits per heavy atom. The molecule has 0 aromatic carbocycles. The first-order valence-corrected chi connectivity index (χ1v) is 16.0. The van der Waals surface area contributed by atoms with E-state index >= 15 is 0 Å². The van der Waals surface area contributed by atoms with Crippen molar-refractivity contribution in [2.75, 3.05) is 13.2 Å². The third-order valence-corrected chi connectivity index (χ3v) is 8.21. The van der Waals surface area contributed by atoms with Crippen molar-refractivity contribution in [2.45, 2.75) is 171 Å². The summed E-state index contributed by atoms with van der Waals surface area (Å²) in [4.78, 5) is 12.6. The van der Waals surface area contributed by atoms with E-state index in [1.54, 1.807) is 0 Å². The van der Waals surface area contributed by atoms with Gasteiger partial charge in [0.15, 0.2) is 18.7 Å². The Bertz CT molecular complexity index is 728. The average molecular weight is 635 g/mol. The number of carbonyl (C=O) groups is 1. The quantitative estimate of drug-likeness (QED) is 0.0543. The first-order valence-electron chi connectivity index (χ1n) is 16.0. The zero-order valence-electron chi connectivity index (χ0n) is 27.9. The monoisotopic (exact) mass is 634 g/mol. The van der Waals surface area contributed by atoms with Crippen molar-refractivity contribution in [3.05, 3.63) is 0 Å². The topological polar surface area (TPSA) is 196 Å². The van der Waals surface area contributed by atoms with E-state index in [1.807, 2.05) is 0 Å². The van der Waals surface area contributed by atoms with Crippen LogP contribution in [-0.2, 0) is 23.7 Å². The summed E-state index contributed by atoms with van der Waals surface area (Å²) in [6.45, 7) is 0.851. The molecular weight excluding hydrogens is 577 g/mol. The average Bonchev–Trinajstić information content (AvgIpc) is 2.98. The second kappa shape index (κ2) is 23.2. The molecule has 0 amide bonds. The van der Waals surface area contributed by atoms with Crippen molar-refractivity contribution in [3.8, 4) is 0 Å². The van der Waals surface area contributed by atoms with E-state index in [9.17, 15) is 40.5 Å². The molecule has 0 aromatic heterocycles. The largest absolute Gasteiger partial charge is 2.00 e. The molecule has 2 heterocycles. The molecule has 0 aliphatic carbocycles. The Balaban J connectivity index is 0. The number of aliphatic hydroxyl groups excluding tert-OH is 7. The Morgan fingerprint density at radius 1 is 0.628 bits per heavy atom. The van der Waals surface area contributed by atoms with Crippen LogP contribution < -0.4 is 0 Å². The van der Waals surface area contributed by atoms with Gasteiger partial charge in [-0.25, -0.2) is 0 Å². The molecule has 10 atom stereocenters. The molecule has 252 valence electrons. The van der Waals surface area contributed by atoms with Crippen LogP contribution >= 0.6 is 0 Å². The van der Waals surface area contributed by atoms with Gasteiger partial charge in [-0.3, -0.25) is 4.79 Å². The van der Waals surface area contributed by atoms with Crippen molar-refractivity contribution in [1.82, 2.24) is 0 Å². The minimum absolute atomic E-state index is 0. The second-order valence-electron chi connectivity index (χ2n) is 11.7. The van der Waals surface area contributed by atoms with Crippen LogP contribution in [0.5, 0.6) is 0 Å². The predicted octanol–water partition coefficient (Wildman–Crippen LogP) is 1.26. The zero-order chi connectivity index (χ0) is 30.9. The summed E-state index contributed by atoms with van der Waals surface area (Å²) >= 11 is 0.